The molecule has 27 heavy (non-hydrogen) atoms. The second-order valence-corrected chi connectivity index (χ2v) is 8.33. The van der Waals surface area contributed by atoms with E-state index in [1.54, 1.807) is 0 Å². The van der Waals surface area contributed by atoms with E-state index in [9.17, 15) is 4.79 Å². The van der Waals surface area contributed by atoms with Gasteiger partial charge in [-0.2, -0.15) is 0 Å². The summed E-state index contributed by atoms with van der Waals surface area (Å²) in [6, 6.07) is 8.58. The summed E-state index contributed by atoms with van der Waals surface area (Å²) in [5.74, 6) is -0.359. The zero-order valence-electron chi connectivity index (χ0n) is 17.6. The summed E-state index contributed by atoms with van der Waals surface area (Å²) >= 11 is 0. The van der Waals surface area contributed by atoms with Gasteiger partial charge in [-0.1, -0.05) is 70.9 Å². The predicted molar refractivity (Wildman–Crippen MR) is 115 cm³/mol. The summed E-state index contributed by atoms with van der Waals surface area (Å²) in [7, 11) is 0. The van der Waals surface area contributed by atoms with Crippen LogP contribution in [-0.2, 0) is 18.4 Å². The molecule has 146 valence electrons. The van der Waals surface area contributed by atoms with Gasteiger partial charge in [0.1, 0.15) is 0 Å². The molecule has 0 radical (unpaired) electrons. The van der Waals surface area contributed by atoms with Crippen LogP contribution in [0.2, 0.25) is 0 Å². The zero-order valence-corrected chi connectivity index (χ0v) is 17.6. The molecule has 0 unspecified atom stereocenters. The van der Waals surface area contributed by atoms with Crippen molar-refractivity contribution in [2.45, 2.75) is 72.3 Å². The van der Waals surface area contributed by atoms with Crippen molar-refractivity contribution < 1.29 is 4.79 Å². The molecule has 0 aliphatic heterocycles. The molecule has 0 saturated carbocycles. The maximum Gasteiger partial charge on any atom is 0.251 e. The third kappa shape index (κ3) is 4.52. The number of carbonyl (C=O) groups excluding carboxylic acids is 1. The van der Waals surface area contributed by atoms with Crippen LogP contribution in [0.3, 0.4) is 0 Å². The Kier molecular flexibility index (Phi) is 6.69. The molecule has 1 heterocycles. The Bertz CT molecular complexity index is 804. The second-order valence-electron chi connectivity index (χ2n) is 8.33. The molecule has 0 atom stereocenters. The Labute approximate surface area is 164 Å². The molecule has 0 aliphatic carbocycles. The maximum atomic E-state index is 12.3. The third-order valence-corrected chi connectivity index (χ3v) is 5.25. The highest BCUT2D eigenvalue weighted by atomic mass is 16.1. The highest BCUT2D eigenvalue weighted by Gasteiger charge is 2.24. The SMILES string of the molecule is C=CCn1c(C)c(C(N)=O)c(-c2ccc(C(C)(C)C)cc2)c1CCCCC. The number of amides is 1. The van der Waals surface area contributed by atoms with Crippen molar-refractivity contribution in [1.29, 1.82) is 0 Å². The Balaban J connectivity index is 2.65. The number of carbonyl (C=O) groups is 1. The molecule has 2 aromatic rings. The Hall–Kier alpha value is -2.29. The minimum Gasteiger partial charge on any atom is -0.366 e. The van der Waals surface area contributed by atoms with E-state index in [1.807, 2.05) is 13.0 Å². The summed E-state index contributed by atoms with van der Waals surface area (Å²) in [5, 5.41) is 0. The summed E-state index contributed by atoms with van der Waals surface area (Å²) in [4.78, 5) is 12.3. The number of aromatic nitrogens is 1. The number of hydrogen-bond acceptors (Lipinski definition) is 1. The van der Waals surface area contributed by atoms with Gasteiger partial charge < -0.3 is 10.3 Å². The highest BCUT2D eigenvalue weighted by Crippen LogP contribution is 2.35. The van der Waals surface area contributed by atoms with E-state index in [0.29, 0.717) is 12.1 Å². The van der Waals surface area contributed by atoms with Crippen LogP contribution in [0.1, 0.15) is 74.3 Å². The molecule has 3 nitrogen and oxygen atoms in total. The zero-order chi connectivity index (χ0) is 20.2. The van der Waals surface area contributed by atoms with Crippen molar-refractivity contribution in [1.82, 2.24) is 4.57 Å². The van der Waals surface area contributed by atoms with Crippen LogP contribution in [0.4, 0.5) is 0 Å². The molecule has 0 aliphatic rings. The van der Waals surface area contributed by atoms with Crippen LogP contribution in [0.25, 0.3) is 11.1 Å². The number of hydrogen-bond donors (Lipinski definition) is 1. The number of nitrogens with zero attached hydrogens (tertiary/aromatic N) is 1. The number of nitrogens with two attached hydrogens (primary N) is 1. The van der Waals surface area contributed by atoms with E-state index >= 15 is 0 Å². The molecule has 0 spiro atoms. The first-order valence-corrected chi connectivity index (χ1v) is 9.95. The molecule has 0 bridgehead atoms. The lowest BCUT2D eigenvalue weighted by molar-refractivity contribution is 0.1000. The van der Waals surface area contributed by atoms with Gasteiger partial charge >= 0.3 is 0 Å². The largest absolute Gasteiger partial charge is 0.366 e. The quantitative estimate of drug-likeness (QED) is 0.467. The molecule has 3 heteroatoms. The Morgan fingerprint density at radius 3 is 2.30 bits per heavy atom. The summed E-state index contributed by atoms with van der Waals surface area (Å²) in [5.41, 5.74) is 12.0. The van der Waals surface area contributed by atoms with Crippen molar-refractivity contribution in [2.75, 3.05) is 0 Å². The first kappa shape index (κ1) is 21.0. The van der Waals surface area contributed by atoms with Gasteiger partial charge in [0.25, 0.3) is 5.91 Å². The highest BCUT2D eigenvalue weighted by molar-refractivity contribution is 6.02. The lowest BCUT2D eigenvalue weighted by Gasteiger charge is -2.19. The number of benzene rings is 1. The monoisotopic (exact) mass is 366 g/mol. The van der Waals surface area contributed by atoms with Gasteiger partial charge in [-0.25, -0.2) is 0 Å². The Morgan fingerprint density at radius 1 is 1.19 bits per heavy atom. The average Bonchev–Trinajstić information content (AvgIpc) is 2.87. The van der Waals surface area contributed by atoms with Gasteiger partial charge in [0.15, 0.2) is 0 Å². The fourth-order valence-electron chi connectivity index (χ4n) is 3.73. The normalized spacial score (nSPS) is 11.6. The Morgan fingerprint density at radius 2 is 1.81 bits per heavy atom. The van der Waals surface area contributed by atoms with Crippen LogP contribution in [0.15, 0.2) is 36.9 Å². The number of unbranched alkanes of at least 4 members (excludes halogenated alkanes) is 2. The van der Waals surface area contributed by atoms with Crippen molar-refractivity contribution >= 4 is 5.91 Å². The second kappa shape index (κ2) is 8.60. The number of rotatable bonds is 8. The van der Waals surface area contributed by atoms with Crippen molar-refractivity contribution in [2.24, 2.45) is 5.73 Å². The van der Waals surface area contributed by atoms with Crippen molar-refractivity contribution in [3.63, 3.8) is 0 Å². The summed E-state index contributed by atoms with van der Waals surface area (Å²) in [6.45, 7) is 15.4. The van der Waals surface area contributed by atoms with E-state index in [-0.39, 0.29) is 11.3 Å². The van der Waals surface area contributed by atoms with Crippen LogP contribution in [0, 0.1) is 6.92 Å². The van der Waals surface area contributed by atoms with Gasteiger partial charge in [0, 0.05) is 23.5 Å². The topological polar surface area (TPSA) is 48.0 Å². The van der Waals surface area contributed by atoms with E-state index in [1.165, 1.54) is 24.1 Å². The molecular weight excluding hydrogens is 332 g/mol. The molecule has 1 amide bonds. The number of allylic oxidation sites excluding steroid dienone is 1. The first-order valence-electron chi connectivity index (χ1n) is 9.95. The summed E-state index contributed by atoms with van der Waals surface area (Å²) < 4.78 is 2.20. The van der Waals surface area contributed by atoms with Gasteiger partial charge in [-0.05, 0) is 36.3 Å². The fraction of sp³-hybridized carbons (Fsp3) is 0.458. The smallest absolute Gasteiger partial charge is 0.251 e. The van der Waals surface area contributed by atoms with Gasteiger partial charge in [0.2, 0.25) is 0 Å². The van der Waals surface area contributed by atoms with Crippen molar-refractivity contribution in [3.05, 3.63) is 59.4 Å². The summed E-state index contributed by atoms with van der Waals surface area (Å²) in [6.07, 6.45) is 6.26. The molecule has 2 rings (SSSR count). The van der Waals surface area contributed by atoms with Crippen LogP contribution in [-0.4, -0.2) is 10.5 Å². The van der Waals surface area contributed by atoms with Gasteiger partial charge in [-0.15, -0.1) is 6.58 Å². The predicted octanol–water partition coefficient (Wildman–Crippen LogP) is 5.78. The van der Waals surface area contributed by atoms with Crippen LogP contribution in [0.5, 0.6) is 0 Å². The lowest BCUT2D eigenvalue weighted by Crippen LogP contribution is -2.13. The average molecular weight is 367 g/mol. The molecule has 0 saturated heterocycles. The lowest BCUT2D eigenvalue weighted by atomic mass is 9.86. The molecular formula is C24H34N2O. The number of primary amides is 1. The molecule has 1 aromatic heterocycles. The molecule has 1 aromatic carbocycles. The molecule has 2 N–H and O–H groups in total. The van der Waals surface area contributed by atoms with E-state index in [0.717, 1.165) is 29.7 Å². The van der Waals surface area contributed by atoms with Gasteiger partial charge in [-0.3, -0.25) is 4.79 Å². The van der Waals surface area contributed by atoms with Crippen molar-refractivity contribution in [3.8, 4) is 11.1 Å². The third-order valence-electron chi connectivity index (χ3n) is 5.25. The fourth-order valence-corrected chi connectivity index (χ4v) is 3.73. The first-order chi connectivity index (χ1) is 12.7. The minimum absolute atomic E-state index is 0.0969. The van der Waals surface area contributed by atoms with Gasteiger partial charge in [0.05, 0.1) is 5.56 Å². The van der Waals surface area contributed by atoms with E-state index in [2.05, 4.69) is 63.1 Å². The van der Waals surface area contributed by atoms with E-state index in [4.69, 9.17) is 5.73 Å². The molecule has 0 fully saturated rings. The van der Waals surface area contributed by atoms with Crippen LogP contribution >= 0.6 is 0 Å². The standard InChI is InChI=1S/C24H34N2O/c1-7-9-10-11-20-22(18-12-14-19(15-13-18)24(4,5)6)21(23(25)27)17(3)26(20)16-8-2/h8,12-15H,2,7,9-11,16H2,1,3-6H3,(H2,25,27). The van der Waals surface area contributed by atoms with E-state index < -0.39 is 0 Å². The minimum atomic E-state index is -0.359. The van der Waals surface area contributed by atoms with Crippen LogP contribution < -0.4 is 5.73 Å². The maximum absolute atomic E-state index is 12.3.